The van der Waals surface area contributed by atoms with Gasteiger partial charge in [-0.25, -0.2) is 4.85 Å². The van der Waals surface area contributed by atoms with Gasteiger partial charge in [-0.3, -0.25) is 9.69 Å². The zero-order valence-electron chi connectivity index (χ0n) is 14.8. The smallest absolute Gasteiger partial charge is 0.407 e. The van der Waals surface area contributed by atoms with Gasteiger partial charge in [0.15, 0.2) is 10.8 Å². The molecule has 144 valence electrons. The summed E-state index contributed by atoms with van der Waals surface area (Å²) >= 11 is 5.40. The fraction of sp³-hybridized carbons (Fsp3) is 0.211. The molecule has 1 fully saturated rings. The van der Waals surface area contributed by atoms with E-state index in [1.54, 1.807) is 36.1 Å². The van der Waals surface area contributed by atoms with Crippen LogP contribution in [0, 0.1) is 6.57 Å². The number of nitrogens with zero attached hydrogens (tertiary/aromatic N) is 3. The fourth-order valence-corrected chi connectivity index (χ4v) is 3.43. The summed E-state index contributed by atoms with van der Waals surface area (Å²) < 4.78 is 45.0. The van der Waals surface area contributed by atoms with Crippen LogP contribution in [0.1, 0.15) is 12.5 Å². The molecule has 2 aromatic rings. The molecule has 0 bridgehead atoms. The molecule has 3 rings (SSSR count). The summed E-state index contributed by atoms with van der Waals surface area (Å²) in [5.74, 6) is 0.166. The van der Waals surface area contributed by atoms with Gasteiger partial charge in [0.1, 0.15) is 11.8 Å². The number of benzene rings is 2. The van der Waals surface area contributed by atoms with Crippen molar-refractivity contribution in [3.8, 4) is 5.75 Å². The number of amides is 1. The highest BCUT2D eigenvalue weighted by Gasteiger charge is 2.42. The van der Waals surface area contributed by atoms with Crippen molar-refractivity contribution in [3.05, 3.63) is 59.4 Å². The number of methoxy groups -OCH3 is 1. The third-order valence-electron chi connectivity index (χ3n) is 4.38. The van der Waals surface area contributed by atoms with Gasteiger partial charge in [0.25, 0.3) is 5.91 Å². The summed E-state index contributed by atoms with van der Waals surface area (Å²) in [6.07, 6.45) is -4.72. The summed E-state index contributed by atoms with van der Waals surface area (Å²) in [6.45, 7) is 8.56. The van der Waals surface area contributed by atoms with Crippen molar-refractivity contribution >= 4 is 40.3 Å². The molecule has 5 nitrogen and oxygen atoms in total. The third kappa shape index (κ3) is 3.27. The number of ether oxygens (including phenoxy) is 1. The van der Waals surface area contributed by atoms with E-state index in [0.717, 1.165) is 17.0 Å². The van der Waals surface area contributed by atoms with Crippen LogP contribution in [0.3, 0.4) is 0 Å². The average Bonchev–Trinajstić information content (AvgIpc) is 2.89. The predicted octanol–water partition coefficient (Wildman–Crippen LogP) is 4.79. The van der Waals surface area contributed by atoms with Crippen LogP contribution in [0.15, 0.2) is 42.5 Å². The molecular formula is C19H14F3N3O2S. The second kappa shape index (κ2) is 7.13. The van der Waals surface area contributed by atoms with Gasteiger partial charge >= 0.3 is 6.18 Å². The minimum atomic E-state index is -4.72. The number of alkyl halides is 3. The normalized spacial score (nSPS) is 17.1. The van der Waals surface area contributed by atoms with Crippen LogP contribution in [0.2, 0.25) is 0 Å². The van der Waals surface area contributed by atoms with Crippen molar-refractivity contribution in [3.63, 3.8) is 0 Å². The van der Waals surface area contributed by atoms with Gasteiger partial charge in [0, 0.05) is 11.4 Å². The third-order valence-corrected chi connectivity index (χ3v) is 4.76. The van der Waals surface area contributed by atoms with Crippen molar-refractivity contribution in [2.75, 3.05) is 16.9 Å². The second-order valence-corrected chi connectivity index (χ2v) is 6.38. The molecule has 2 aromatic carbocycles. The van der Waals surface area contributed by atoms with Gasteiger partial charge in [-0.05, 0) is 55.5 Å². The van der Waals surface area contributed by atoms with E-state index in [-0.39, 0.29) is 10.8 Å². The Balaban J connectivity index is 2.03. The maximum atomic E-state index is 13.3. The van der Waals surface area contributed by atoms with Gasteiger partial charge in [-0.15, -0.1) is 0 Å². The Morgan fingerprint density at radius 3 is 2.29 bits per heavy atom. The van der Waals surface area contributed by atoms with E-state index < -0.39 is 29.4 Å². The summed E-state index contributed by atoms with van der Waals surface area (Å²) in [5.41, 5.74) is -1.06. The Morgan fingerprint density at radius 2 is 1.75 bits per heavy atom. The number of rotatable bonds is 3. The molecule has 0 N–H and O–H groups in total. The highest BCUT2D eigenvalue weighted by Crippen LogP contribution is 2.40. The van der Waals surface area contributed by atoms with Gasteiger partial charge in [0.05, 0.1) is 19.2 Å². The summed E-state index contributed by atoms with van der Waals surface area (Å²) in [6, 6.07) is 9.23. The van der Waals surface area contributed by atoms with E-state index in [1.165, 1.54) is 13.2 Å². The Morgan fingerprint density at radius 1 is 1.14 bits per heavy atom. The van der Waals surface area contributed by atoms with Crippen molar-refractivity contribution < 1.29 is 22.7 Å². The van der Waals surface area contributed by atoms with E-state index in [4.69, 9.17) is 23.5 Å². The van der Waals surface area contributed by atoms with Crippen LogP contribution in [-0.4, -0.2) is 24.2 Å². The molecule has 1 heterocycles. The van der Waals surface area contributed by atoms with E-state index in [9.17, 15) is 18.0 Å². The maximum Gasteiger partial charge on any atom is 0.407 e. The minimum absolute atomic E-state index is 0.0300. The Bertz CT molecular complexity index is 983. The minimum Gasteiger partial charge on any atom is -0.497 e. The van der Waals surface area contributed by atoms with Crippen LogP contribution in [-0.2, 0) is 11.0 Å². The van der Waals surface area contributed by atoms with Crippen molar-refractivity contribution in [1.29, 1.82) is 0 Å². The first-order chi connectivity index (χ1) is 13.2. The highest BCUT2D eigenvalue weighted by atomic mass is 32.1. The Kier molecular flexibility index (Phi) is 5.00. The lowest BCUT2D eigenvalue weighted by molar-refractivity contribution is -0.136. The number of anilines is 2. The van der Waals surface area contributed by atoms with Crippen LogP contribution in [0.5, 0.6) is 5.75 Å². The topological polar surface area (TPSA) is 37.1 Å². The summed E-state index contributed by atoms with van der Waals surface area (Å²) in [4.78, 5) is 18.3. The standard InChI is InChI=1S/C19H14F3N3O2S/c1-11-17(26)25(13-6-9-16(23-2)15(10-13)19(20,21)22)18(28)24(11)12-4-7-14(27-3)8-5-12/h4-11H,1,3H3. The molecule has 9 heteroatoms. The monoisotopic (exact) mass is 405 g/mol. The quantitative estimate of drug-likeness (QED) is 0.544. The highest BCUT2D eigenvalue weighted by molar-refractivity contribution is 7.81. The molecule has 0 saturated carbocycles. The lowest BCUT2D eigenvalue weighted by atomic mass is 10.1. The van der Waals surface area contributed by atoms with E-state index in [2.05, 4.69) is 4.85 Å². The van der Waals surface area contributed by atoms with E-state index in [1.807, 2.05) is 0 Å². The Labute approximate surface area is 164 Å². The van der Waals surface area contributed by atoms with Gasteiger partial charge in [-0.2, -0.15) is 13.2 Å². The lowest BCUT2D eigenvalue weighted by Gasteiger charge is -2.23. The first-order valence-corrected chi connectivity index (χ1v) is 8.49. The average molecular weight is 405 g/mol. The number of carbonyl (C=O) groups excluding carboxylic acids is 1. The van der Waals surface area contributed by atoms with Gasteiger partial charge in [0.2, 0.25) is 0 Å². The Hall–Kier alpha value is -3.12. The number of halogens is 3. The number of carbonyl (C=O) groups is 1. The molecule has 0 radical (unpaired) electrons. The molecule has 1 saturated heterocycles. The van der Waals surface area contributed by atoms with Crippen LogP contribution < -0.4 is 14.5 Å². The van der Waals surface area contributed by atoms with E-state index in [0.29, 0.717) is 11.4 Å². The largest absolute Gasteiger partial charge is 0.497 e. The van der Waals surface area contributed by atoms with Crippen molar-refractivity contribution in [1.82, 2.24) is 0 Å². The first kappa shape index (κ1) is 19.6. The second-order valence-electron chi connectivity index (χ2n) is 6.01. The SMILES string of the molecule is [C-]#[N+]c1ccc(N2C(=O)C(C)N(c3ccc(OC)cc3)C2=S)cc1C(F)(F)F. The molecule has 1 unspecified atom stereocenters. The molecule has 1 aliphatic rings. The summed E-state index contributed by atoms with van der Waals surface area (Å²) in [7, 11) is 1.52. The molecule has 28 heavy (non-hydrogen) atoms. The lowest BCUT2D eigenvalue weighted by Crippen LogP contribution is -2.33. The molecule has 0 aliphatic carbocycles. The number of hydrogen-bond donors (Lipinski definition) is 0. The zero-order valence-corrected chi connectivity index (χ0v) is 15.6. The predicted molar refractivity (Wildman–Crippen MR) is 103 cm³/mol. The van der Waals surface area contributed by atoms with Crippen LogP contribution in [0.25, 0.3) is 4.85 Å². The molecule has 1 aliphatic heterocycles. The van der Waals surface area contributed by atoms with E-state index >= 15 is 0 Å². The van der Waals surface area contributed by atoms with Crippen molar-refractivity contribution in [2.24, 2.45) is 0 Å². The van der Waals surface area contributed by atoms with Crippen LogP contribution in [0.4, 0.5) is 30.2 Å². The fourth-order valence-electron chi connectivity index (χ4n) is 2.97. The van der Waals surface area contributed by atoms with Gasteiger partial charge in [-0.1, -0.05) is 6.07 Å². The molecule has 1 atom stereocenters. The molecule has 0 spiro atoms. The maximum absolute atomic E-state index is 13.3. The molecule has 1 amide bonds. The zero-order chi connectivity index (χ0) is 20.6. The van der Waals surface area contributed by atoms with Gasteiger partial charge < -0.3 is 9.64 Å². The number of hydrogen-bond acceptors (Lipinski definition) is 3. The number of thiocarbonyl (C=S) groups is 1. The van der Waals surface area contributed by atoms with Crippen LogP contribution >= 0.6 is 12.2 Å². The van der Waals surface area contributed by atoms with Crippen molar-refractivity contribution in [2.45, 2.75) is 19.1 Å². The molecule has 0 aromatic heterocycles. The summed E-state index contributed by atoms with van der Waals surface area (Å²) in [5, 5.41) is 0.0614. The first-order valence-electron chi connectivity index (χ1n) is 8.09. The molecular weight excluding hydrogens is 391 g/mol.